The number of Topliss-reactive ketones (excluding diaryl/α,β-unsaturated/α-hetero) is 3. The fourth-order valence-corrected chi connectivity index (χ4v) is 5.99. The van der Waals surface area contributed by atoms with Crippen molar-refractivity contribution in [2.45, 2.75) is 70.6 Å². The molecule has 0 aromatic carbocycles. The predicted molar refractivity (Wildman–Crippen MR) is 107 cm³/mol. The van der Waals surface area contributed by atoms with Crippen molar-refractivity contribution < 1.29 is 29.7 Å². The molecule has 6 heteroatoms. The Hall–Kier alpha value is -1.11. The molecule has 0 amide bonds. The van der Waals surface area contributed by atoms with Crippen molar-refractivity contribution in [1.82, 2.24) is 0 Å². The lowest BCUT2D eigenvalue weighted by atomic mass is 9.64. The van der Waals surface area contributed by atoms with Gasteiger partial charge in [-0.2, -0.15) is 0 Å². The summed E-state index contributed by atoms with van der Waals surface area (Å²) in [4.78, 5) is 38.6. The van der Waals surface area contributed by atoms with Crippen molar-refractivity contribution >= 4 is 17.3 Å². The normalized spacial score (nSPS) is 35.7. The number of aliphatic hydroxyl groups is 3. The molecule has 3 saturated carbocycles. The molecule has 0 aromatic heterocycles. The van der Waals surface area contributed by atoms with E-state index in [2.05, 4.69) is 0 Å². The minimum absolute atomic E-state index is 0.0862. The molecule has 29 heavy (non-hydrogen) atoms. The average Bonchev–Trinajstić information content (AvgIpc) is 2.74. The molecule has 5 atom stereocenters. The van der Waals surface area contributed by atoms with Crippen molar-refractivity contribution in [2.75, 3.05) is 19.8 Å². The van der Waals surface area contributed by atoms with E-state index in [-0.39, 0.29) is 66.8 Å². The highest BCUT2D eigenvalue weighted by Crippen LogP contribution is 2.42. The summed E-state index contributed by atoms with van der Waals surface area (Å²) in [7, 11) is 0. The highest BCUT2D eigenvalue weighted by atomic mass is 16.3. The maximum Gasteiger partial charge on any atom is 0.146 e. The minimum atomic E-state index is -1.05. The molecular weight excluding hydrogens is 372 g/mol. The summed E-state index contributed by atoms with van der Waals surface area (Å²) in [6.45, 7) is -0.774. The Balaban J connectivity index is 1.62. The van der Waals surface area contributed by atoms with E-state index in [9.17, 15) is 29.7 Å². The molecule has 3 N–H and O–H groups in total. The van der Waals surface area contributed by atoms with Crippen molar-refractivity contribution in [3.8, 4) is 0 Å². The van der Waals surface area contributed by atoms with E-state index < -0.39 is 5.41 Å². The largest absolute Gasteiger partial charge is 0.396 e. The van der Waals surface area contributed by atoms with Gasteiger partial charge in [-0.3, -0.25) is 14.4 Å². The molecule has 0 radical (unpaired) electrons. The van der Waals surface area contributed by atoms with Crippen LogP contribution in [0.3, 0.4) is 0 Å². The van der Waals surface area contributed by atoms with Gasteiger partial charge in [0.05, 0.1) is 25.2 Å². The highest BCUT2D eigenvalue weighted by Gasteiger charge is 2.46. The Morgan fingerprint density at radius 1 is 0.655 bits per heavy atom. The van der Waals surface area contributed by atoms with Gasteiger partial charge in [-0.1, -0.05) is 19.3 Å². The van der Waals surface area contributed by atoms with Crippen molar-refractivity contribution in [2.24, 2.45) is 35.0 Å². The Morgan fingerprint density at radius 3 is 1.62 bits per heavy atom. The van der Waals surface area contributed by atoms with Crippen molar-refractivity contribution in [3.05, 3.63) is 0 Å². The first-order chi connectivity index (χ1) is 14.0. The number of hydrogen-bond acceptors (Lipinski definition) is 6. The van der Waals surface area contributed by atoms with Crippen LogP contribution >= 0.6 is 0 Å². The number of ketones is 3. The van der Waals surface area contributed by atoms with Gasteiger partial charge >= 0.3 is 0 Å². The molecule has 3 aliphatic rings. The number of hydrogen-bond donors (Lipinski definition) is 3. The van der Waals surface area contributed by atoms with Crippen LogP contribution in [0.15, 0.2) is 0 Å². The van der Waals surface area contributed by atoms with Gasteiger partial charge in [0.2, 0.25) is 0 Å². The summed E-state index contributed by atoms with van der Waals surface area (Å²) in [6, 6.07) is 0. The molecule has 0 saturated heterocycles. The van der Waals surface area contributed by atoms with Crippen LogP contribution in [0.25, 0.3) is 0 Å². The Morgan fingerprint density at radius 2 is 1.10 bits per heavy atom. The zero-order chi connectivity index (χ0) is 21.0. The lowest BCUT2D eigenvalue weighted by Crippen LogP contribution is -2.46. The predicted octanol–water partition coefficient (Wildman–Crippen LogP) is 2.07. The molecule has 3 fully saturated rings. The van der Waals surface area contributed by atoms with Crippen LogP contribution in [0.1, 0.15) is 70.6 Å². The number of rotatable bonds is 7. The second-order valence-corrected chi connectivity index (χ2v) is 9.66. The quantitative estimate of drug-likeness (QED) is 0.595. The summed E-state index contributed by atoms with van der Waals surface area (Å²) in [5.41, 5.74) is -1.05. The lowest BCUT2D eigenvalue weighted by molar-refractivity contribution is -0.144. The highest BCUT2D eigenvalue weighted by molar-refractivity contribution is 5.90. The molecule has 0 aromatic rings. The van der Waals surface area contributed by atoms with Crippen LogP contribution in [0.5, 0.6) is 0 Å². The SMILES string of the molecule is O=C1C(CO)CCCC1CC1CCCC(CC2CCCC(CO)(CO)C2=O)C1=O. The number of carbonyl (C=O) groups excluding carboxylic acids is 3. The van der Waals surface area contributed by atoms with Gasteiger partial charge in [0.15, 0.2) is 0 Å². The topological polar surface area (TPSA) is 112 Å². The smallest absolute Gasteiger partial charge is 0.146 e. The molecule has 164 valence electrons. The van der Waals surface area contributed by atoms with Crippen molar-refractivity contribution in [3.63, 3.8) is 0 Å². The second-order valence-electron chi connectivity index (χ2n) is 9.66. The fourth-order valence-electron chi connectivity index (χ4n) is 5.99. The monoisotopic (exact) mass is 408 g/mol. The van der Waals surface area contributed by atoms with E-state index >= 15 is 0 Å². The Labute approximate surface area is 173 Å². The first kappa shape index (κ1) is 22.6. The van der Waals surface area contributed by atoms with Gasteiger partial charge in [0.1, 0.15) is 17.3 Å². The molecule has 0 bridgehead atoms. The van der Waals surface area contributed by atoms with Gasteiger partial charge in [-0.05, 0) is 51.4 Å². The molecule has 3 rings (SSSR count). The third-order valence-electron chi connectivity index (χ3n) is 7.89. The van der Waals surface area contributed by atoms with E-state index in [1.165, 1.54) is 0 Å². The summed E-state index contributed by atoms with van der Waals surface area (Å²) < 4.78 is 0. The molecule has 0 heterocycles. The van der Waals surface area contributed by atoms with Gasteiger partial charge in [-0.25, -0.2) is 0 Å². The van der Waals surface area contributed by atoms with Gasteiger partial charge in [0, 0.05) is 29.6 Å². The van der Waals surface area contributed by atoms with Crippen LogP contribution < -0.4 is 0 Å². The van der Waals surface area contributed by atoms with Gasteiger partial charge in [0.25, 0.3) is 0 Å². The average molecular weight is 409 g/mol. The molecule has 0 aliphatic heterocycles. The van der Waals surface area contributed by atoms with E-state index in [1.54, 1.807) is 0 Å². The third kappa shape index (κ3) is 4.64. The Kier molecular flexibility index (Phi) is 7.63. The van der Waals surface area contributed by atoms with E-state index in [1.807, 2.05) is 0 Å². The molecule has 0 spiro atoms. The summed E-state index contributed by atoms with van der Waals surface area (Å²) in [5.74, 6) is -0.737. The van der Waals surface area contributed by atoms with Crippen molar-refractivity contribution in [1.29, 1.82) is 0 Å². The zero-order valence-electron chi connectivity index (χ0n) is 17.4. The number of carbonyl (C=O) groups is 3. The lowest BCUT2D eigenvalue weighted by Gasteiger charge is -2.39. The zero-order valence-corrected chi connectivity index (χ0v) is 17.4. The third-order valence-corrected chi connectivity index (χ3v) is 7.89. The molecule has 5 unspecified atom stereocenters. The standard InChI is InChI=1S/C23H36O6/c24-12-19-7-2-6-16(21(19)28)10-15-4-1-5-17(20(15)27)11-18-8-3-9-23(13-25,14-26)22(18)29/h15-19,24-26H,1-14H2. The fraction of sp³-hybridized carbons (Fsp3) is 0.870. The van der Waals surface area contributed by atoms with Crippen LogP contribution in [0.2, 0.25) is 0 Å². The van der Waals surface area contributed by atoms with Gasteiger partial charge in [-0.15, -0.1) is 0 Å². The van der Waals surface area contributed by atoms with E-state index in [4.69, 9.17) is 0 Å². The summed E-state index contributed by atoms with van der Waals surface area (Å²) in [5, 5.41) is 28.8. The van der Waals surface area contributed by atoms with E-state index in [0.29, 0.717) is 25.7 Å². The van der Waals surface area contributed by atoms with Crippen LogP contribution in [-0.2, 0) is 14.4 Å². The number of aliphatic hydroxyl groups excluding tert-OH is 3. The molecule has 3 aliphatic carbocycles. The minimum Gasteiger partial charge on any atom is -0.396 e. The molecule has 6 nitrogen and oxygen atoms in total. The van der Waals surface area contributed by atoms with E-state index in [0.717, 1.165) is 44.9 Å². The van der Waals surface area contributed by atoms with Crippen LogP contribution in [0.4, 0.5) is 0 Å². The Bertz CT molecular complexity index is 610. The summed E-state index contributed by atoms with van der Waals surface area (Å²) >= 11 is 0. The maximum absolute atomic E-state index is 13.2. The summed E-state index contributed by atoms with van der Waals surface area (Å²) in [6.07, 6.45) is 8.08. The maximum atomic E-state index is 13.2. The van der Waals surface area contributed by atoms with Crippen LogP contribution in [-0.4, -0.2) is 52.5 Å². The van der Waals surface area contributed by atoms with Gasteiger partial charge < -0.3 is 15.3 Å². The van der Waals surface area contributed by atoms with Crippen LogP contribution in [0, 0.1) is 35.0 Å². The molecular formula is C23H36O6. The first-order valence-corrected chi connectivity index (χ1v) is 11.4. The second kappa shape index (κ2) is 9.80. The first-order valence-electron chi connectivity index (χ1n) is 11.4.